The molecule has 1 aliphatic carbocycles. The van der Waals surface area contributed by atoms with Gasteiger partial charge < -0.3 is 15.0 Å². The zero-order valence-corrected chi connectivity index (χ0v) is 17.8. The minimum absolute atomic E-state index is 0.259. The molecule has 2 aliphatic rings. The van der Waals surface area contributed by atoms with E-state index in [1.54, 1.807) is 4.90 Å². The summed E-state index contributed by atoms with van der Waals surface area (Å²) in [7, 11) is 0. The van der Waals surface area contributed by atoms with Crippen molar-refractivity contribution >= 4 is 12.0 Å². The lowest BCUT2D eigenvalue weighted by atomic mass is 9.90. The highest BCUT2D eigenvalue weighted by atomic mass is 16.6. The molecule has 0 saturated carbocycles. The maximum Gasteiger partial charge on any atom is 0.410 e. The van der Waals surface area contributed by atoms with Gasteiger partial charge in [-0.3, -0.25) is 0 Å². The Hall–Kier alpha value is -2.63. The second kappa shape index (κ2) is 7.32. The quantitative estimate of drug-likeness (QED) is 0.815. The first-order valence-corrected chi connectivity index (χ1v) is 10.4. The van der Waals surface area contributed by atoms with Gasteiger partial charge in [0.1, 0.15) is 5.60 Å². The summed E-state index contributed by atoms with van der Waals surface area (Å²) in [6, 6.07) is 8.45. The fourth-order valence-electron chi connectivity index (χ4n) is 4.22. The molecule has 1 fully saturated rings. The number of amides is 1. The summed E-state index contributed by atoms with van der Waals surface area (Å²) in [4.78, 5) is 23.8. The first kappa shape index (κ1) is 19.7. The number of rotatable bonds is 2. The van der Waals surface area contributed by atoms with E-state index in [0.29, 0.717) is 19.0 Å². The lowest BCUT2D eigenvalue weighted by Crippen LogP contribution is -2.53. The minimum atomic E-state index is -0.493. The van der Waals surface area contributed by atoms with Crippen molar-refractivity contribution in [3.63, 3.8) is 0 Å². The van der Waals surface area contributed by atoms with Gasteiger partial charge in [0.25, 0.3) is 0 Å². The molecule has 1 unspecified atom stereocenters. The topological polar surface area (TPSA) is 67.4 Å². The number of aryl methyl sites for hydroxylation is 2. The number of anilines is 1. The molecule has 4 rings (SSSR count). The van der Waals surface area contributed by atoms with Crippen LogP contribution < -0.4 is 5.32 Å². The normalized spacial score (nSPS) is 21.2. The molecule has 1 saturated heterocycles. The Balaban J connectivity index is 1.53. The van der Waals surface area contributed by atoms with Crippen molar-refractivity contribution in [2.45, 2.75) is 64.5 Å². The Morgan fingerprint density at radius 1 is 1.21 bits per heavy atom. The van der Waals surface area contributed by atoms with Gasteiger partial charge in [-0.15, -0.1) is 0 Å². The Labute approximate surface area is 172 Å². The van der Waals surface area contributed by atoms with E-state index >= 15 is 0 Å². The second-order valence-corrected chi connectivity index (χ2v) is 9.42. The predicted octanol–water partition coefficient (Wildman–Crippen LogP) is 4.44. The maximum atomic E-state index is 12.5. The number of ether oxygens (including phenoxy) is 1. The van der Waals surface area contributed by atoms with E-state index in [0.717, 1.165) is 31.4 Å². The Morgan fingerprint density at radius 3 is 2.76 bits per heavy atom. The number of nitrogens with one attached hydrogen (secondary N) is 1. The summed E-state index contributed by atoms with van der Waals surface area (Å²) < 4.78 is 5.56. The van der Waals surface area contributed by atoms with Crippen LogP contribution >= 0.6 is 0 Å². The first-order chi connectivity index (χ1) is 13.7. The van der Waals surface area contributed by atoms with Gasteiger partial charge in [0.05, 0.1) is 11.2 Å². The molecule has 6 nitrogen and oxygen atoms in total. The summed E-state index contributed by atoms with van der Waals surface area (Å²) in [5.74, 6) is 0.619. The summed E-state index contributed by atoms with van der Waals surface area (Å²) in [5.41, 5.74) is 3.96. The molecular weight excluding hydrogens is 364 g/mol. The fourth-order valence-corrected chi connectivity index (χ4v) is 4.22. The molecule has 0 spiro atoms. The lowest BCUT2D eigenvalue weighted by molar-refractivity contribution is 0.0164. The van der Waals surface area contributed by atoms with Crippen molar-refractivity contribution in [3.05, 3.63) is 41.6 Å². The SMILES string of the molecule is CC1(Nc2ncc3c(n2)-c2ccccc2CC3)CCCN(C(=O)OC(C)(C)C)C1. The van der Waals surface area contributed by atoms with E-state index in [1.807, 2.05) is 27.0 Å². The second-order valence-electron chi connectivity index (χ2n) is 9.42. The minimum Gasteiger partial charge on any atom is -0.444 e. The number of nitrogens with zero attached hydrogens (tertiary/aromatic N) is 3. The van der Waals surface area contributed by atoms with E-state index in [4.69, 9.17) is 9.72 Å². The van der Waals surface area contributed by atoms with Crippen molar-refractivity contribution in [2.75, 3.05) is 18.4 Å². The molecule has 1 N–H and O–H groups in total. The summed E-state index contributed by atoms with van der Waals surface area (Å²) in [5, 5.41) is 3.51. The predicted molar refractivity (Wildman–Crippen MR) is 114 cm³/mol. The Bertz CT molecular complexity index is 921. The van der Waals surface area contributed by atoms with E-state index in [-0.39, 0.29) is 11.6 Å². The number of hydrogen-bond acceptors (Lipinski definition) is 5. The number of hydrogen-bond donors (Lipinski definition) is 1. The van der Waals surface area contributed by atoms with Crippen molar-refractivity contribution in [1.29, 1.82) is 0 Å². The van der Waals surface area contributed by atoms with E-state index in [9.17, 15) is 4.79 Å². The fraction of sp³-hybridized carbons (Fsp3) is 0.522. The number of aromatic nitrogens is 2. The molecule has 1 atom stereocenters. The molecule has 2 aromatic rings. The van der Waals surface area contributed by atoms with Crippen LogP contribution in [0.4, 0.5) is 10.7 Å². The number of fused-ring (bicyclic) bond motifs is 3. The average molecular weight is 395 g/mol. The molecule has 1 aromatic carbocycles. The van der Waals surface area contributed by atoms with Crippen LogP contribution in [0.15, 0.2) is 30.5 Å². The third kappa shape index (κ3) is 4.36. The van der Waals surface area contributed by atoms with Crippen LogP contribution in [-0.2, 0) is 17.6 Å². The van der Waals surface area contributed by atoms with E-state index in [1.165, 1.54) is 16.7 Å². The molecule has 2 heterocycles. The number of piperidine rings is 1. The van der Waals surface area contributed by atoms with E-state index in [2.05, 4.69) is 41.5 Å². The third-order valence-electron chi connectivity index (χ3n) is 5.56. The number of carbonyl (C=O) groups is 1. The highest BCUT2D eigenvalue weighted by molar-refractivity contribution is 5.70. The third-order valence-corrected chi connectivity index (χ3v) is 5.56. The van der Waals surface area contributed by atoms with Gasteiger partial charge in [-0.05, 0) is 64.5 Å². The molecular formula is C23H30N4O2. The number of benzene rings is 1. The van der Waals surface area contributed by atoms with Crippen molar-refractivity contribution in [3.8, 4) is 11.3 Å². The molecule has 0 bridgehead atoms. The van der Waals surface area contributed by atoms with Crippen molar-refractivity contribution in [2.24, 2.45) is 0 Å². The Kier molecular flexibility index (Phi) is 4.97. The highest BCUT2D eigenvalue weighted by Crippen LogP contribution is 2.33. The Morgan fingerprint density at radius 2 is 1.97 bits per heavy atom. The van der Waals surface area contributed by atoms with Gasteiger partial charge in [0, 0.05) is 24.8 Å². The molecule has 1 amide bonds. The van der Waals surface area contributed by atoms with Gasteiger partial charge >= 0.3 is 6.09 Å². The van der Waals surface area contributed by atoms with Gasteiger partial charge in [0.15, 0.2) is 0 Å². The zero-order valence-electron chi connectivity index (χ0n) is 17.8. The maximum absolute atomic E-state index is 12.5. The van der Waals surface area contributed by atoms with Crippen LogP contribution in [0.2, 0.25) is 0 Å². The van der Waals surface area contributed by atoms with Gasteiger partial charge in [0.2, 0.25) is 5.95 Å². The van der Waals surface area contributed by atoms with Gasteiger partial charge in [-0.25, -0.2) is 14.8 Å². The van der Waals surface area contributed by atoms with Gasteiger partial charge in [-0.2, -0.15) is 0 Å². The number of likely N-dealkylation sites (tertiary alicyclic amines) is 1. The van der Waals surface area contributed by atoms with Crippen LogP contribution in [0.5, 0.6) is 0 Å². The van der Waals surface area contributed by atoms with Crippen LogP contribution in [-0.4, -0.2) is 45.2 Å². The molecule has 1 aliphatic heterocycles. The van der Waals surface area contributed by atoms with Gasteiger partial charge in [-0.1, -0.05) is 24.3 Å². The molecule has 154 valence electrons. The summed E-state index contributed by atoms with van der Waals surface area (Å²) in [6.45, 7) is 9.09. The zero-order chi connectivity index (χ0) is 20.6. The smallest absolute Gasteiger partial charge is 0.410 e. The lowest BCUT2D eigenvalue weighted by Gasteiger charge is -2.41. The van der Waals surface area contributed by atoms with Crippen molar-refractivity contribution in [1.82, 2.24) is 14.9 Å². The van der Waals surface area contributed by atoms with Crippen LogP contribution in [0.1, 0.15) is 51.7 Å². The molecule has 6 heteroatoms. The molecule has 1 aromatic heterocycles. The highest BCUT2D eigenvalue weighted by Gasteiger charge is 2.35. The monoisotopic (exact) mass is 394 g/mol. The van der Waals surface area contributed by atoms with Crippen molar-refractivity contribution < 1.29 is 9.53 Å². The van der Waals surface area contributed by atoms with Crippen LogP contribution in [0.25, 0.3) is 11.3 Å². The van der Waals surface area contributed by atoms with Crippen LogP contribution in [0, 0.1) is 0 Å². The largest absolute Gasteiger partial charge is 0.444 e. The molecule has 0 radical (unpaired) electrons. The number of carbonyl (C=O) groups excluding carboxylic acids is 1. The summed E-state index contributed by atoms with van der Waals surface area (Å²) in [6.07, 6.45) is 5.54. The standard InChI is InChI=1S/C23H30N4O2/c1-22(2,3)29-21(28)27-13-7-12-23(4,15-27)26-20-24-14-17-11-10-16-8-5-6-9-18(16)19(17)25-20/h5-6,8-9,14H,7,10-13,15H2,1-4H3,(H,24,25,26). The van der Waals surface area contributed by atoms with E-state index < -0.39 is 5.60 Å². The average Bonchev–Trinajstić information content (AvgIpc) is 2.66. The molecule has 29 heavy (non-hydrogen) atoms. The van der Waals surface area contributed by atoms with Crippen LogP contribution in [0.3, 0.4) is 0 Å². The first-order valence-electron chi connectivity index (χ1n) is 10.4. The summed E-state index contributed by atoms with van der Waals surface area (Å²) >= 11 is 0.